The Labute approximate surface area is 196 Å². The van der Waals surface area contributed by atoms with Gasteiger partial charge in [0.05, 0.1) is 11.7 Å². The van der Waals surface area contributed by atoms with Crippen molar-refractivity contribution in [3.05, 3.63) is 12.2 Å². The predicted molar refractivity (Wildman–Crippen MR) is 130 cm³/mol. The van der Waals surface area contributed by atoms with Crippen molar-refractivity contribution in [1.82, 2.24) is 0 Å². The van der Waals surface area contributed by atoms with E-state index in [2.05, 4.69) is 41.2 Å². The van der Waals surface area contributed by atoms with Crippen LogP contribution in [0.4, 0.5) is 0 Å². The van der Waals surface area contributed by atoms with E-state index in [0.717, 1.165) is 32.0 Å². The second-order valence-electron chi connectivity index (χ2n) is 12.9. The van der Waals surface area contributed by atoms with Gasteiger partial charge in [-0.25, -0.2) is 0 Å². The number of carbonyl (C=O) groups is 1. The summed E-state index contributed by atoms with van der Waals surface area (Å²) in [5.41, 5.74) is 0.391. The van der Waals surface area contributed by atoms with Crippen LogP contribution in [0.5, 0.6) is 0 Å². The smallest absolute Gasteiger partial charge is 0.126 e. The van der Waals surface area contributed by atoms with Crippen LogP contribution in [0.2, 0.25) is 0 Å². The Morgan fingerprint density at radius 3 is 2.50 bits per heavy atom. The number of carbonyl (C=O) groups excluding carboxylic acids is 1. The molecular formula is C29H48O3. The lowest BCUT2D eigenvalue weighted by atomic mass is 9.53. The van der Waals surface area contributed by atoms with Crippen molar-refractivity contribution < 1.29 is 15.0 Å². The van der Waals surface area contributed by atoms with Gasteiger partial charge in [-0.15, -0.1) is 0 Å². The number of hydrogen-bond acceptors (Lipinski definition) is 3. The monoisotopic (exact) mass is 444 g/mol. The number of aldehydes is 1. The number of hydrogen-bond donors (Lipinski definition) is 2. The van der Waals surface area contributed by atoms with E-state index in [9.17, 15) is 15.0 Å². The van der Waals surface area contributed by atoms with E-state index in [1.165, 1.54) is 37.7 Å². The van der Waals surface area contributed by atoms with Crippen LogP contribution in [-0.2, 0) is 4.79 Å². The summed E-state index contributed by atoms with van der Waals surface area (Å²) in [5, 5.41) is 22.3. The van der Waals surface area contributed by atoms with E-state index in [1.807, 2.05) is 0 Å². The zero-order valence-corrected chi connectivity index (χ0v) is 21.3. The second kappa shape index (κ2) is 8.52. The molecule has 0 spiro atoms. The molecule has 0 aromatic carbocycles. The summed E-state index contributed by atoms with van der Waals surface area (Å²) in [6.07, 6.45) is 10.9. The molecule has 4 saturated carbocycles. The normalized spacial score (nSPS) is 49.6. The van der Waals surface area contributed by atoms with E-state index in [0.29, 0.717) is 36.0 Å². The van der Waals surface area contributed by atoms with Gasteiger partial charge in [0.25, 0.3) is 0 Å². The third-order valence-corrected chi connectivity index (χ3v) is 11.8. The van der Waals surface area contributed by atoms with Gasteiger partial charge in [0.15, 0.2) is 0 Å². The van der Waals surface area contributed by atoms with Crippen LogP contribution in [0.3, 0.4) is 0 Å². The van der Waals surface area contributed by atoms with Crippen molar-refractivity contribution in [2.24, 2.45) is 52.3 Å². The minimum Gasteiger partial charge on any atom is -0.393 e. The maximum absolute atomic E-state index is 12.5. The van der Waals surface area contributed by atoms with Crippen molar-refractivity contribution in [2.45, 2.75) is 111 Å². The highest BCUT2D eigenvalue weighted by Gasteiger charge is 2.72. The van der Waals surface area contributed by atoms with Gasteiger partial charge in [0.1, 0.15) is 6.29 Å². The Bertz CT molecular complexity index is 732. The molecule has 182 valence electrons. The lowest BCUT2D eigenvalue weighted by molar-refractivity contribution is -0.156. The number of rotatable bonds is 7. The molecular weight excluding hydrogens is 396 g/mol. The molecule has 0 bridgehead atoms. The van der Waals surface area contributed by atoms with Crippen LogP contribution in [0.25, 0.3) is 0 Å². The largest absolute Gasteiger partial charge is 0.393 e. The lowest BCUT2D eigenvalue weighted by Crippen LogP contribution is -2.54. The molecule has 3 heteroatoms. The highest BCUT2D eigenvalue weighted by molar-refractivity contribution is 5.59. The van der Waals surface area contributed by atoms with Gasteiger partial charge in [-0.3, -0.25) is 0 Å². The van der Waals surface area contributed by atoms with Gasteiger partial charge in [-0.1, -0.05) is 46.8 Å². The molecule has 4 rings (SSSR count). The first kappa shape index (κ1) is 24.5. The summed E-state index contributed by atoms with van der Waals surface area (Å²) in [7, 11) is 0. The summed E-state index contributed by atoms with van der Waals surface area (Å²) >= 11 is 0. The van der Waals surface area contributed by atoms with Gasteiger partial charge in [0, 0.05) is 17.8 Å². The molecule has 0 radical (unpaired) electrons. The minimum atomic E-state index is -1.04. The first-order valence-electron chi connectivity index (χ1n) is 13.6. The summed E-state index contributed by atoms with van der Waals surface area (Å²) in [4.78, 5) is 12.5. The van der Waals surface area contributed by atoms with Gasteiger partial charge < -0.3 is 15.0 Å². The molecule has 11 atom stereocenters. The Morgan fingerprint density at radius 2 is 1.84 bits per heavy atom. The molecule has 0 aliphatic heterocycles. The lowest BCUT2D eigenvalue weighted by Gasteiger charge is -2.52. The first-order chi connectivity index (χ1) is 15.0. The predicted octanol–water partition coefficient (Wildman–Crippen LogP) is 6.17. The fourth-order valence-electron chi connectivity index (χ4n) is 9.49. The van der Waals surface area contributed by atoms with E-state index in [1.54, 1.807) is 0 Å². The van der Waals surface area contributed by atoms with Gasteiger partial charge in [0.2, 0.25) is 0 Å². The summed E-state index contributed by atoms with van der Waals surface area (Å²) in [6, 6.07) is 0. The van der Waals surface area contributed by atoms with Crippen molar-refractivity contribution >= 4 is 6.29 Å². The third kappa shape index (κ3) is 3.39. The molecule has 2 N–H and O–H groups in total. The fourth-order valence-corrected chi connectivity index (χ4v) is 9.49. The summed E-state index contributed by atoms with van der Waals surface area (Å²) in [5.74, 6) is 2.85. The topological polar surface area (TPSA) is 57.5 Å². The van der Waals surface area contributed by atoms with Crippen LogP contribution in [0.15, 0.2) is 12.2 Å². The van der Waals surface area contributed by atoms with Crippen LogP contribution >= 0.6 is 0 Å². The van der Waals surface area contributed by atoms with Crippen molar-refractivity contribution in [1.29, 1.82) is 0 Å². The molecule has 4 aliphatic rings. The van der Waals surface area contributed by atoms with Crippen LogP contribution in [-0.4, -0.2) is 28.2 Å². The number of allylic oxidation sites excluding steroid dienone is 1. The number of fused-ring (bicyclic) bond motifs is 5. The van der Waals surface area contributed by atoms with E-state index < -0.39 is 11.7 Å². The molecule has 3 nitrogen and oxygen atoms in total. The van der Waals surface area contributed by atoms with Crippen molar-refractivity contribution in [3.63, 3.8) is 0 Å². The molecule has 4 fully saturated rings. The van der Waals surface area contributed by atoms with Crippen LogP contribution in [0, 0.1) is 52.3 Å². The molecule has 0 aromatic heterocycles. The first-order valence-corrected chi connectivity index (χ1v) is 13.6. The summed E-state index contributed by atoms with van der Waals surface area (Å²) in [6.45, 7) is 16.1. The minimum absolute atomic E-state index is 0.235. The number of aliphatic hydroxyl groups is 2. The highest BCUT2D eigenvalue weighted by Crippen LogP contribution is 2.72. The summed E-state index contributed by atoms with van der Waals surface area (Å²) < 4.78 is 0. The second-order valence-corrected chi connectivity index (χ2v) is 12.9. The standard InChI is InChI=1S/C29H48O3/c1-7-18(2)19(3)8-9-20(4)22-10-11-23-26-24(13-14-27(22,23)5)28(6)15-12-21(31)16-29(28,32)25(26)17-30/h17-18,20-26,31-32H,3,7-16H2,1-2,4-6H3. The van der Waals surface area contributed by atoms with E-state index in [-0.39, 0.29) is 22.7 Å². The molecule has 0 aromatic rings. The Hall–Kier alpha value is -0.670. The van der Waals surface area contributed by atoms with Crippen molar-refractivity contribution in [3.8, 4) is 0 Å². The Morgan fingerprint density at radius 1 is 1.12 bits per heavy atom. The highest BCUT2D eigenvalue weighted by atomic mass is 16.3. The van der Waals surface area contributed by atoms with Crippen LogP contribution < -0.4 is 0 Å². The average molecular weight is 445 g/mol. The van der Waals surface area contributed by atoms with Crippen molar-refractivity contribution in [2.75, 3.05) is 0 Å². The van der Waals surface area contributed by atoms with E-state index >= 15 is 0 Å². The SMILES string of the molecule is C=C(CCC(C)C1CCC2C3C(CCC12C)C1(C)CCC(O)CC1(O)C3C=O)C(C)CC. The zero-order valence-electron chi connectivity index (χ0n) is 21.3. The van der Waals surface area contributed by atoms with E-state index in [4.69, 9.17) is 0 Å². The quantitative estimate of drug-likeness (QED) is 0.364. The molecule has 4 aliphatic carbocycles. The molecule has 11 unspecified atom stereocenters. The number of aliphatic hydroxyl groups excluding tert-OH is 1. The average Bonchev–Trinajstić information content (AvgIpc) is 3.20. The maximum atomic E-state index is 12.5. The molecule has 0 saturated heterocycles. The maximum Gasteiger partial charge on any atom is 0.126 e. The third-order valence-electron chi connectivity index (χ3n) is 11.8. The molecule has 32 heavy (non-hydrogen) atoms. The van der Waals surface area contributed by atoms with Crippen LogP contribution in [0.1, 0.15) is 98.8 Å². The molecule has 0 heterocycles. The van der Waals surface area contributed by atoms with Gasteiger partial charge >= 0.3 is 0 Å². The fraction of sp³-hybridized carbons (Fsp3) is 0.897. The molecule has 0 amide bonds. The van der Waals surface area contributed by atoms with Gasteiger partial charge in [-0.2, -0.15) is 0 Å². The Balaban J connectivity index is 1.56. The van der Waals surface area contributed by atoms with Gasteiger partial charge in [-0.05, 0) is 98.7 Å². The zero-order chi connectivity index (χ0) is 23.5. The Kier molecular flexibility index (Phi) is 6.51.